The van der Waals surface area contributed by atoms with Crippen molar-refractivity contribution in [3.63, 3.8) is 0 Å². The Morgan fingerprint density at radius 1 is 1.40 bits per heavy atom. The second-order valence-electron chi connectivity index (χ2n) is 3.53. The van der Waals surface area contributed by atoms with Crippen LogP contribution in [0.25, 0.3) is 0 Å². The summed E-state index contributed by atoms with van der Waals surface area (Å²) in [6.07, 6.45) is 4.42. The van der Waals surface area contributed by atoms with Gasteiger partial charge in [-0.1, -0.05) is 20.3 Å². The summed E-state index contributed by atoms with van der Waals surface area (Å²) < 4.78 is 0. The summed E-state index contributed by atoms with van der Waals surface area (Å²) in [6, 6.07) is 2.33. The van der Waals surface area contributed by atoms with Crippen LogP contribution in [0.3, 0.4) is 0 Å². The van der Waals surface area contributed by atoms with Crippen LogP contribution in [0.1, 0.15) is 42.7 Å². The SMILES string of the molecule is CCCCc1c(CC)sc(NC)c1C#N. The fourth-order valence-corrected chi connectivity index (χ4v) is 2.80. The van der Waals surface area contributed by atoms with Gasteiger partial charge in [0.25, 0.3) is 0 Å². The number of aryl methyl sites for hydroxylation is 1. The minimum absolute atomic E-state index is 0.868. The van der Waals surface area contributed by atoms with Crippen molar-refractivity contribution < 1.29 is 0 Å². The van der Waals surface area contributed by atoms with E-state index in [1.807, 2.05) is 7.05 Å². The number of nitrogens with one attached hydrogen (secondary N) is 1. The molecule has 0 aromatic carbocycles. The second-order valence-corrected chi connectivity index (χ2v) is 4.63. The zero-order valence-electron chi connectivity index (χ0n) is 9.68. The first-order valence-corrected chi connectivity index (χ1v) is 6.32. The maximum absolute atomic E-state index is 9.16. The molecule has 15 heavy (non-hydrogen) atoms. The zero-order valence-corrected chi connectivity index (χ0v) is 10.5. The van der Waals surface area contributed by atoms with Crippen LogP contribution in [0, 0.1) is 11.3 Å². The van der Waals surface area contributed by atoms with Gasteiger partial charge in [0.15, 0.2) is 0 Å². The maximum Gasteiger partial charge on any atom is 0.107 e. The molecule has 0 bridgehead atoms. The number of rotatable bonds is 5. The molecule has 0 aliphatic rings. The third kappa shape index (κ3) is 2.51. The van der Waals surface area contributed by atoms with Crippen molar-refractivity contribution in [2.45, 2.75) is 39.5 Å². The van der Waals surface area contributed by atoms with Gasteiger partial charge in [0.1, 0.15) is 11.1 Å². The lowest BCUT2D eigenvalue weighted by molar-refractivity contribution is 0.790. The van der Waals surface area contributed by atoms with E-state index in [0.29, 0.717) is 0 Å². The van der Waals surface area contributed by atoms with Crippen molar-refractivity contribution >= 4 is 16.3 Å². The highest BCUT2D eigenvalue weighted by atomic mass is 32.1. The molecule has 0 atom stereocenters. The van der Waals surface area contributed by atoms with Crippen molar-refractivity contribution in [2.24, 2.45) is 0 Å². The first-order chi connectivity index (χ1) is 7.28. The molecule has 1 N–H and O–H groups in total. The zero-order chi connectivity index (χ0) is 11.3. The monoisotopic (exact) mass is 222 g/mol. The van der Waals surface area contributed by atoms with Gasteiger partial charge in [-0.25, -0.2) is 0 Å². The fourth-order valence-electron chi connectivity index (χ4n) is 1.71. The van der Waals surface area contributed by atoms with E-state index in [2.05, 4.69) is 25.2 Å². The van der Waals surface area contributed by atoms with Crippen LogP contribution in [0.5, 0.6) is 0 Å². The molecule has 0 saturated heterocycles. The van der Waals surface area contributed by atoms with E-state index in [-0.39, 0.29) is 0 Å². The number of hydrogen-bond acceptors (Lipinski definition) is 3. The maximum atomic E-state index is 9.16. The lowest BCUT2D eigenvalue weighted by Crippen LogP contribution is -1.93. The molecule has 3 heteroatoms. The van der Waals surface area contributed by atoms with E-state index < -0.39 is 0 Å². The minimum Gasteiger partial charge on any atom is -0.379 e. The summed E-state index contributed by atoms with van der Waals surface area (Å²) >= 11 is 1.73. The molecule has 1 heterocycles. The van der Waals surface area contributed by atoms with E-state index >= 15 is 0 Å². The molecule has 0 unspecified atom stereocenters. The lowest BCUT2D eigenvalue weighted by Gasteiger charge is -2.01. The van der Waals surface area contributed by atoms with Crippen LogP contribution >= 0.6 is 11.3 Å². The van der Waals surface area contributed by atoms with Gasteiger partial charge in [-0.15, -0.1) is 11.3 Å². The summed E-state index contributed by atoms with van der Waals surface area (Å²) in [5.41, 5.74) is 2.14. The van der Waals surface area contributed by atoms with Gasteiger partial charge >= 0.3 is 0 Å². The van der Waals surface area contributed by atoms with Crippen molar-refractivity contribution in [3.05, 3.63) is 16.0 Å². The Hall–Kier alpha value is -1.01. The quantitative estimate of drug-likeness (QED) is 0.826. The van der Waals surface area contributed by atoms with Crippen LogP contribution in [-0.2, 0) is 12.8 Å². The van der Waals surface area contributed by atoms with E-state index in [9.17, 15) is 0 Å². The summed E-state index contributed by atoms with van der Waals surface area (Å²) in [6.45, 7) is 4.34. The van der Waals surface area contributed by atoms with E-state index in [1.165, 1.54) is 23.3 Å². The highest BCUT2D eigenvalue weighted by molar-refractivity contribution is 7.16. The number of hydrogen-bond donors (Lipinski definition) is 1. The lowest BCUT2D eigenvalue weighted by atomic mass is 10.0. The molecule has 0 amide bonds. The van der Waals surface area contributed by atoms with Crippen LogP contribution in [0.2, 0.25) is 0 Å². The normalized spacial score (nSPS) is 10.0. The van der Waals surface area contributed by atoms with Crippen LogP contribution in [0.15, 0.2) is 0 Å². The number of nitriles is 1. The Morgan fingerprint density at radius 2 is 2.13 bits per heavy atom. The Labute approximate surface area is 95.9 Å². The topological polar surface area (TPSA) is 35.8 Å². The molecule has 0 aliphatic carbocycles. The molecular formula is C12H18N2S. The number of nitrogens with zero attached hydrogens (tertiary/aromatic N) is 1. The van der Waals surface area contributed by atoms with Gasteiger partial charge in [-0.2, -0.15) is 5.26 Å². The Bertz CT molecular complexity index is 360. The molecule has 0 fully saturated rings. The first-order valence-electron chi connectivity index (χ1n) is 5.50. The van der Waals surface area contributed by atoms with Crippen LogP contribution in [-0.4, -0.2) is 7.05 Å². The molecule has 0 saturated carbocycles. The predicted molar refractivity (Wildman–Crippen MR) is 66.6 cm³/mol. The number of anilines is 1. The Kier molecular flexibility index (Phi) is 4.64. The van der Waals surface area contributed by atoms with Crippen LogP contribution in [0.4, 0.5) is 5.00 Å². The molecule has 0 radical (unpaired) electrons. The second kappa shape index (κ2) is 5.77. The Morgan fingerprint density at radius 3 is 2.60 bits per heavy atom. The van der Waals surface area contributed by atoms with E-state index in [1.54, 1.807) is 11.3 Å². The fraction of sp³-hybridized carbons (Fsp3) is 0.583. The molecular weight excluding hydrogens is 204 g/mol. The van der Waals surface area contributed by atoms with Gasteiger partial charge in [0, 0.05) is 11.9 Å². The standard InChI is InChI=1S/C12H18N2S/c1-4-6-7-9-10(8-13)12(14-3)15-11(9)5-2/h14H,4-7H2,1-3H3. The molecule has 1 aromatic heterocycles. The average Bonchev–Trinajstić information content (AvgIpc) is 2.62. The highest BCUT2D eigenvalue weighted by Crippen LogP contribution is 2.33. The average molecular weight is 222 g/mol. The van der Waals surface area contributed by atoms with E-state index in [4.69, 9.17) is 5.26 Å². The number of thiophene rings is 1. The first kappa shape index (κ1) is 12.1. The van der Waals surface area contributed by atoms with Crippen LogP contribution < -0.4 is 5.32 Å². The third-order valence-corrected chi connectivity index (χ3v) is 3.92. The molecule has 2 nitrogen and oxygen atoms in total. The summed E-state index contributed by atoms with van der Waals surface area (Å²) in [7, 11) is 1.88. The summed E-state index contributed by atoms with van der Waals surface area (Å²) in [5, 5.41) is 13.3. The Balaban J connectivity index is 3.08. The van der Waals surface area contributed by atoms with Crippen molar-refractivity contribution in [3.8, 4) is 6.07 Å². The van der Waals surface area contributed by atoms with Crippen molar-refractivity contribution in [1.29, 1.82) is 5.26 Å². The van der Waals surface area contributed by atoms with Gasteiger partial charge in [0.05, 0.1) is 5.56 Å². The molecule has 1 aromatic rings. The molecule has 0 aliphatic heterocycles. The summed E-state index contributed by atoms with van der Waals surface area (Å²) in [5.74, 6) is 0. The number of unbranched alkanes of at least 4 members (excludes halogenated alkanes) is 1. The van der Waals surface area contributed by atoms with Gasteiger partial charge in [0.2, 0.25) is 0 Å². The summed E-state index contributed by atoms with van der Waals surface area (Å²) in [4.78, 5) is 1.37. The van der Waals surface area contributed by atoms with E-state index in [0.717, 1.165) is 23.4 Å². The molecule has 0 spiro atoms. The minimum atomic E-state index is 0.868. The van der Waals surface area contributed by atoms with Gasteiger partial charge < -0.3 is 5.32 Å². The predicted octanol–water partition coefficient (Wildman–Crippen LogP) is 3.57. The molecule has 82 valence electrons. The van der Waals surface area contributed by atoms with Gasteiger partial charge in [-0.05, 0) is 24.8 Å². The third-order valence-electron chi connectivity index (χ3n) is 2.53. The van der Waals surface area contributed by atoms with Gasteiger partial charge in [-0.3, -0.25) is 0 Å². The highest BCUT2D eigenvalue weighted by Gasteiger charge is 2.15. The largest absolute Gasteiger partial charge is 0.379 e. The smallest absolute Gasteiger partial charge is 0.107 e. The molecule has 1 rings (SSSR count). The van der Waals surface area contributed by atoms with Crippen molar-refractivity contribution in [2.75, 3.05) is 12.4 Å². The van der Waals surface area contributed by atoms with Crippen molar-refractivity contribution in [1.82, 2.24) is 0 Å².